The molecule has 0 saturated carbocycles. The van der Waals surface area contributed by atoms with Crippen molar-refractivity contribution >= 4 is 0 Å². The molecule has 2 aromatic rings. The molecule has 5 heteroatoms. The van der Waals surface area contributed by atoms with Crippen LogP contribution in [0.4, 0.5) is 4.39 Å². The first kappa shape index (κ1) is 15.5. The Morgan fingerprint density at radius 1 is 1.43 bits per heavy atom. The van der Waals surface area contributed by atoms with Crippen molar-refractivity contribution in [1.82, 2.24) is 15.1 Å². The second kappa shape index (κ2) is 6.72. The van der Waals surface area contributed by atoms with Crippen LogP contribution in [0.5, 0.6) is 5.75 Å². The van der Waals surface area contributed by atoms with Crippen LogP contribution in [0.2, 0.25) is 0 Å². The zero-order valence-corrected chi connectivity index (χ0v) is 13.0. The third-order valence-corrected chi connectivity index (χ3v) is 3.63. The number of halogens is 1. The molecule has 0 bridgehead atoms. The highest BCUT2D eigenvalue weighted by Gasteiger charge is 2.19. The maximum atomic E-state index is 14.3. The summed E-state index contributed by atoms with van der Waals surface area (Å²) in [7, 11) is 3.36. The molecule has 1 heterocycles. The van der Waals surface area contributed by atoms with Crippen molar-refractivity contribution in [2.75, 3.05) is 14.2 Å². The Kier molecular flexibility index (Phi) is 4.96. The standard InChI is InChI=1S/C16H22FN3O/c1-5-20-14(9-11(2)19-20)13(18-3)10-12-7-6-8-15(21-4)16(12)17/h6-9,13,18H,5,10H2,1-4H3. The maximum absolute atomic E-state index is 14.3. The summed E-state index contributed by atoms with van der Waals surface area (Å²) in [5.41, 5.74) is 2.67. The van der Waals surface area contributed by atoms with Crippen molar-refractivity contribution in [3.8, 4) is 5.75 Å². The SMILES string of the molecule is CCn1nc(C)cc1C(Cc1cccc(OC)c1F)NC. The van der Waals surface area contributed by atoms with Crippen molar-refractivity contribution in [3.05, 3.63) is 47.0 Å². The monoisotopic (exact) mass is 291 g/mol. The summed E-state index contributed by atoms with van der Waals surface area (Å²) in [6, 6.07) is 7.29. The minimum Gasteiger partial charge on any atom is -0.494 e. The molecule has 0 aliphatic carbocycles. The molecule has 0 radical (unpaired) electrons. The van der Waals surface area contributed by atoms with Gasteiger partial charge in [-0.25, -0.2) is 4.39 Å². The topological polar surface area (TPSA) is 39.1 Å². The van der Waals surface area contributed by atoms with Crippen LogP contribution >= 0.6 is 0 Å². The lowest BCUT2D eigenvalue weighted by Crippen LogP contribution is -2.22. The molecular formula is C16H22FN3O. The van der Waals surface area contributed by atoms with Gasteiger partial charge in [-0.3, -0.25) is 4.68 Å². The summed E-state index contributed by atoms with van der Waals surface area (Å²) in [5, 5.41) is 7.71. The number of aryl methyl sites for hydroxylation is 2. The van der Waals surface area contributed by atoms with E-state index in [0.717, 1.165) is 17.9 Å². The van der Waals surface area contributed by atoms with Gasteiger partial charge in [0.1, 0.15) is 0 Å². The molecule has 0 amide bonds. The number of nitrogens with zero attached hydrogens (tertiary/aromatic N) is 2. The molecule has 1 aromatic carbocycles. The quantitative estimate of drug-likeness (QED) is 0.889. The molecule has 0 spiro atoms. The van der Waals surface area contributed by atoms with Crippen molar-refractivity contribution in [2.24, 2.45) is 0 Å². The third-order valence-electron chi connectivity index (χ3n) is 3.63. The minimum atomic E-state index is -0.292. The molecule has 1 atom stereocenters. The first-order valence-electron chi connectivity index (χ1n) is 7.13. The first-order chi connectivity index (χ1) is 10.1. The lowest BCUT2D eigenvalue weighted by Gasteiger charge is -2.18. The first-order valence-corrected chi connectivity index (χ1v) is 7.13. The Morgan fingerprint density at radius 2 is 2.19 bits per heavy atom. The van der Waals surface area contributed by atoms with Gasteiger partial charge in [0.2, 0.25) is 0 Å². The molecule has 4 nitrogen and oxygen atoms in total. The largest absolute Gasteiger partial charge is 0.494 e. The van der Waals surface area contributed by atoms with Crippen molar-refractivity contribution < 1.29 is 9.13 Å². The van der Waals surface area contributed by atoms with Gasteiger partial charge < -0.3 is 10.1 Å². The highest BCUT2D eigenvalue weighted by atomic mass is 19.1. The number of hydrogen-bond acceptors (Lipinski definition) is 3. The zero-order chi connectivity index (χ0) is 15.4. The van der Waals surface area contributed by atoms with Crippen LogP contribution in [0.3, 0.4) is 0 Å². The van der Waals surface area contributed by atoms with E-state index in [2.05, 4.69) is 17.3 Å². The lowest BCUT2D eigenvalue weighted by atomic mass is 10.0. The second-order valence-electron chi connectivity index (χ2n) is 5.01. The van der Waals surface area contributed by atoms with Gasteiger partial charge in [-0.2, -0.15) is 5.10 Å². The Labute approximate surface area is 124 Å². The Bertz CT molecular complexity index is 610. The molecule has 0 aliphatic heterocycles. The Hall–Kier alpha value is -1.88. The van der Waals surface area contributed by atoms with Gasteiger partial charge in [0, 0.05) is 6.54 Å². The highest BCUT2D eigenvalue weighted by molar-refractivity contribution is 5.32. The van der Waals surface area contributed by atoms with Crippen molar-refractivity contribution in [3.63, 3.8) is 0 Å². The number of aromatic nitrogens is 2. The third kappa shape index (κ3) is 3.24. The fourth-order valence-corrected chi connectivity index (χ4v) is 2.55. The molecule has 2 rings (SSSR count). The maximum Gasteiger partial charge on any atom is 0.168 e. The smallest absolute Gasteiger partial charge is 0.168 e. The average molecular weight is 291 g/mol. The summed E-state index contributed by atoms with van der Waals surface area (Å²) >= 11 is 0. The molecular weight excluding hydrogens is 269 g/mol. The van der Waals surface area contributed by atoms with Crippen LogP contribution < -0.4 is 10.1 Å². The van der Waals surface area contributed by atoms with Crippen LogP contribution in [0.15, 0.2) is 24.3 Å². The Morgan fingerprint density at radius 3 is 2.81 bits per heavy atom. The number of benzene rings is 1. The molecule has 0 saturated heterocycles. The number of hydrogen-bond donors (Lipinski definition) is 1. The molecule has 1 N–H and O–H groups in total. The number of methoxy groups -OCH3 is 1. The number of nitrogens with one attached hydrogen (secondary N) is 1. The summed E-state index contributed by atoms with van der Waals surface area (Å²) in [5.74, 6) is -0.0120. The fraction of sp³-hybridized carbons (Fsp3) is 0.438. The number of ether oxygens (including phenoxy) is 1. The average Bonchev–Trinajstić information content (AvgIpc) is 2.87. The molecule has 0 fully saturated rings. The van der Waals surface area contributed by atoms with Gasteiger partial charge in [0.25, 0.3) is 0 Å². The Balaban J connectivity index is 2.31. The van der Waals surface area contributed by atoms with Gasteiger partial charge in [0.15, 0.2) is 11.6 Å². The molecule has 1 aromatic heterocycles. The summed E-state index contributed by atoms with van der Waals surface area (Å²) in [6.45, 7) is 4.81. The van der Waals surface area contributed by atoms with Crippen molar-refractivity contribution in [1.29, 1.82) is 0 Å². The normalized spacial score (nSPS) is 12.4. The van der Waals surface area contributed by atoms with E-state index in [0.29, 0.717) is 12.0 Å². The molecule has 21 heavy (non-hydrogen) atoms. The number of likely N-dealkylation sites (N-methyl/N-ethyl adjacent to an activating group) is 1. The van der Waals surface area contributed by atoms with Gasteiger partial charge in [0.05, 0.1) is 24.5 Å². The van der Waals surface area contributed by atoms with E-state index in [1.165, 1.54) is 7.11 Å². The summed E-state index contributed by atoms with van der Waals surface area (Å²) in [4.78, 5) is 0. The van der Waals surface area contributed by atoms with Crippen LogP contribution in [0.1, 0.15) is 29.9 Å². The van der Waals surface area contributed by atoms with E-state index in [-0.39, 0.29) is 17.6 Å². The predicted molar refractivity (Wildman–Crippen MR) is 81.1 cm³/mol. The van der Waals surface area contributed by atoms with E-state index < -0.39 is 0 Å². The molecule has 0 aliphatic rings. The highest BCUT2D eigenvalue weighted by Crippen LogP contribution is 2.25. The van der Waals surface area contributed by atoms with E-state index in [1.54, 1.807) is 12.1 Å². The predicted octanol–water partition coefficient (Wildman–Crippen LogP) is 2.86. The van der Waals surface area contributed by atoms with Crippen LogP contribution in [-0.4, -0.2) is 23.9 Å². The minimum absolute atomic E-state index is 0.00718. The van der Waals surface area contributed by atoms with E-state index in [1.807, 2.05) is 30.8 Å². The molecule has 114 valence electrons. The van der Waals surface area contributed by atoms with E-state index >= 15 is 0 Å². The van der Waals surface area contributed by atoms with Gasteiger partial charge in [-0.05, 0) is 45.0 Å². The van der Waals surface area contributed by atoms with Gasteiger partial charge >= 0.3 is 0 Å². The van der Waals surface area contributed by atoms with E-state index in [9.17, 15) is 4.39 Å². The van der Waals surface area contributed by atoms with E-state index in [4.69, 9.17) is 4.74 Å². The zero-order valence-electron chi connectivity index (χ0n) is 13.0. The van der Waals surface area contributed by atoms with Crippen molar-refractivity contribution in [2.45, 2.75) is 32.9 Å². The fourth-order valence-electron chi connectivity index (χ4n) is 2.55. The lowest BCUT2D eigenvalue weighted by molar-refractivity contribution is 0.382. The van der Waals surface area contributed by atoms with Gasteiger partial charge in [-0.1, -0.05) is 12.1 Å². The van der Waals surface area contributed by atoms with Crippen LogP contribution in [-0.2, 0) is 13.0 Å². The van der Waals surface area contributed by atoms with Crippen LogP contribution in [0.25, 0.3) is 0 Å². The number of rotatable bonds is 6. The molecule has 1 unspecified atom stereocenters. The summed E-state index contributed by atoms with van der Waals surface area (Å²) < 4.78 is 21.3. The van der Waals surface area contributed by atoms with Crippen LogP contribution in [0, 0.1) is 12.7 Å². The van der Waals surface area contributed by atoms with Gasteiger partial charge in [-0.15, -0.1) is 0 Å². The second-order valence-corrected chi connectivity index (χ2v) is 5.01. The summed E-state index contributed by atoms with van der Waals surface area (Å²) in [6.07, 6.45) is 0.546.